The summed E-state index contributed by atoms with van der Waals surface area (Å²) in [4.78, 5) is 24.6. The zero-order valence-electron chi connectivity index (χ0n) is 17.9. The number of nitrogen functional groups attached to an aromatic ring is 1. The molecule has 4 aliphatic rings. The van der Waals surface area contributed by atoms with Gasteiger partial charge >= 0.3 is 182 Å². The van der Waals surface area contributed by atoms with Crippen LogP contribution in [0, 0.1) is 11.8 Å². The van der Waals surface area contributed by atoms with E-state index in [-0.39, 0.29) is 18.3 Å². The number of aliphatic hydroxyl groups is 1. The number of hydrogen-bond donors (Lipinski definition) is 3. The van der Waals surface area contributed by atoms with Gasteiger partial charge in [-0.2, -0.15) is 0 Å². The molecule has 0 aromatic carbocycles. The average molecular weight is 498 g/mol. The van der Waals surface area contributed by atoms with Crippen molar-refractivity contribution >= 4 is 49.7 Å². The standard InChI is InChI=1S/C21H22BN5O5PS/c1-22-33(29)30-9-14-17(32-33)16(28)20(31-14)27-19-15(18(23)24-10-25-19)26-21(27)34-13-7-6-11-4-2-3-5-12(11)8-13/h2-8,10-12,14,16-17,20,28-29H,1,9H2,(H2,23,24,25)/q+1/t11?,12-,14?,16?,17+,20-,33?/m1/s1. The summed E-state index contributed by atoms with van der Waals surface area (Å²) in [6.07, 6.45) is 12.8. The van der Waals surface area contributed by atoms with Crippen molar-refractivity contribution < 1.29 is 23.8 Å². The Bertz CT molecular complexity index is 1280. The van der Waals surface area contributed by atoms with Crippen LogP contribution in [0.3, 0.4) is 0 Å². The minimum atomic E-state index is -3.25. The molecule has 174 valence electrons. The van der Waals surface area contributed by atoms with Crippen LogP contribution in [0.5, 0.6) is 0 Å². The van der Waals surface area contributed by atoms with Gasteiger partial charge in [-0.25, -0.2) is 0 Å². The number of anilines is 1. The molecule has 13 heteroatoms. The third-order valence-corrected chi connectivity index (χ3v) is 8.74. The van der Waals surface area contributed by atoms with Crippen LogP contribution in [0.1, 0.15) is 6.23 Å². The van der Waals surface area contributed by atoms with Crippen molar-refractivity contribution in [2.75, 3.05) is 12.3 Å². The Kier molecular flexibility index (Phi) is 5.57. The summed E-state index contributed by atoms with van der Waals surface area (Å²) in [5, 5.41) is 11.7. The van der Waals surface area contributed by atoms with Crippen LogP contribution in [0.25, 0.3) is 11.2 Å². The number of fused-ring (bicyclic) bond motifs is 3. The number of thioether (sulfide) groups is 1. The average Bonchev–Trinajstić information content (AvgIpc) is 3.36. The van der Waals surface area contributed by atoms with Crippen molar-refractivity contribution in [2.45, 2.75) is 29.7 Å². The Morgan fingerprint density at radius 2 is 2.06 bits per heavy atom. The van der Waals surface area contributed by atoms with Crippen LogP contribution in [0.15, 0.2) is 58.9 Å². The minimum absolute atomic E-state index is 0.0670. The molecule has 2 aromatic heterocycles. The second kappa shape index (κ2) is 8.49. The first-order valence-electron chi connectivity index (χ1n) is 10.8. The second-order valence-electron chi connectivity index (χ2n) is 8.32. The van der Waals surface area contributed by atoms with E-state index in [0.717, 1.165) is 4.91 Å². The summed E-state index contributed by atoms with van der Waals surface area (Å²) in [7, 11) is -3.25. The molecule has 2 fully saturated rings. The van der Waals surface area contributed by atoms with E-state index < -0.39 is 32.4 Å². The zero-order chi connectivity index (χ0) is 23.4. The molecule has 0 radical (unpaired) electrons. The van der Waals surface area contributed by atoms with Gasteiger partial charge in [0.1, 0.15) is 0 Å². The van der Waals surface area contributed by atoms with Crippen LogP contribution in [0.2, 0.25) is 0 Å². The summed E-state index contributed by atoms with van der Waals surface area (Å²) in [5.41, 5.74) is 6.95. The van der Waals surface area contributed by atoms with Crippen molar-refractivity contribution in [1.82, 2.24) is 19.5 Å². The molecule has 4 heterocycles. The van der Waals surface area contributed by atoms with Crippen molar-refractivity contribution in [2.24, 2.45) is 11.8 Å². The fourth-order valence-electron chi connectivity index (χ4n) is 4.51. The molecular formula is C21H22BN5O5PS+. The molecule has 2 aliphatic heterocycles. The summed E-state index contributed by atoms with van der Waals surface area (Å²) in [6, 6.07) is 0. The van der Waals surface area contributed by atoms with Gasteiger partial charge in [0.25, 0.3) is 0 Å². The maximum atomic E-state index is 11.2. The Morgan fingerprint density at radius 1 is 1.24 bits per heavy atom. The van der Waals surface area contributed by atoms with E-state index in [9.17, 15) is 10.00 Å². The number of allylic oxidation sites excluding steroid dienone is 7. The third-order valence-electron chi connectivity index (χ3n) is 6.23. The third kappa shape index (κ3) is 3.70. The van der Waals surface area contributed by atoms with Gasteiger partial charge in [0.15, 0.2) is 0 Å². The fraction of sp³-hybridized carbons (Fsp3) is 0.333. The van der Waals surface area contributed by atoms with Crippen molar-refractivity contribution in [3.8, 4) is 0 Å². The Balaban J connectivity index is 1.38. The second-order valence-corrected chi connectivity index (χ2v) is 11.3. The molecule has 0 spiro atoms. The molecule has 4 unspecified atom stereocenters. The first kappa shape index (κ1) is 22.3. The molecule has 2 aliphatic carbocycles. The molecule has 34 heavy (non-hydrogen) atoms. The van der Waals surface area contributed by atoms with Crippen molar-refractivity contribution in [1.29, 1.82) is 0 Å². The maximum absolute atomic E-state index is 11.2. The van der Waals surface area contributed by atoms with Gasteiger partial charge in [0, 0.05) is 0 Å². The van der Waals surface area contributed by atoms with E-state index in [2.05, 4.69) is 52.9 Å². The van der Waals surface area contributed by atoms with Crippen LogP contribution in [-0.4, -0.2) is 67.5 Å². The van der Waals surface area contributed by atoms with E-state index in [0.29, 0.717) is 22.2 Å². The molecular weight excluding hydrogens is 476 g/mol. The Labute approximate surface area is 200 Å². The summed E-state index contributed by atoms with van der Waals surface area (Å²) in [5.74, 6) is 0.833. The predicted octanol–water partition coefficient (Wildman–Crippen LogP) is 1.79. The Morgan fingerprint density at radius 3 is 2.88 bits per heavy atom. The molecule has 0 bridgehead atoms. The number of nitrogens with two attached hydrogens (primary N) is 1. The number of aliphatic hydroxyl groups excluding tert-OH is 1. The fourth-order valence-corrected chi connectivity index (χ4v) is 6.74. The van der Waals surface area contributed by atoms with Crippen molar-refractivity contribution in [3.05, 3.63) is 53.8 Å². The van der Waals surface area contributed by atoms with E-state index >= 15 is 0 Å². The number of imidazole rings is 1. The molecule has 2 saturated heterocycles. The molecule has 2 aromatic rings. The predicted molar refractivity (Wildman–Crippen MR) is 131 cm³/mol. The summed E-state index contributed by atoms with van der Waals surface area (Å²) >= 11 is 1.43. The van der Waals surface area contributed by atoms with Gasteiger partial charge in [-0.3, -0.25) is 0 Å². The van der Waals surface area contributed by atoms with E-state index in [1.165, 1.54) is 24.7 Å². The molecule has 4 N–H and O–H groups in total. The van der Waals surface area contributed by atoms with E-state index in [1.54, 1.807) is 4.57 Å². The topological polar surface area (TPSA) is 138 Å². The number of ether oxygens (including phenoxy) is 1. The quantitative estimate of drug-likeness (QED) is 0.423. The molecule has 6 rings (SSSR count). The molecule has 0 amide bonds. The number of nitrogens with zero attached hydrogens (tertiary/aromatic N) is 4. The number of hydrogen-bond acceptors (Lipinski definition) is 10. The first-order chi connectivity index (χ1) is 16.5. The van der Waals surface area contributed by atoms with Crippen LogP contribution in [0.4, 0.5) is 5.82 Å². The van der Waals surface area contributed by atoms with Gasteiger partial charge in [-0.15, -0.1) is 0 Å². The van der Waals surface area contributed by atoms with Crippen LogP contribution >= 0.6 is 19.6 Å². The van der Waals surface area contributed by atoms with E-state index in [1.807, 2.05) is 6.08 Å². The van der Waals surface area contributed by atoms with Crippen LogP contribution in [-0.2, 0) is 13.8 Å². The summed E-state index contributed by atoms with van der Waals surface area (Å²) < 4.78 is 19.0. The first-order valence-corrected chi connectivity index (χ1v) is 13.2. The monoisotopic (exact) mass is 498 g/mol. The number of rotatable bonds is 4. The zero-order valence-corrected chi connectivity index (χ0v) is 19.6. The van der Waals surface area contributed by atoms with Gasteiger partial charge in [-0.05, 0) is 0 Å². The molecule has 10 nitrogen and oxygen atoms in total. The van der Waals surface area contributed by atoms with Gasteiger partial charge < -0.3 is 0 Å². The van der Waals surface area contributed by atoms with E-state index in [4.69, 9.17) is 24.5 Å². The van der Waals surface area contributed by atoms with Crippen molar-refractivity contribution in [3.63, 3.8) is 0 Å². The van der Waals surface area contributed by atoms with Gasteiger partial charge in [0.05, 0.1) is 0 Å². The normalized spacial score (nSPS) is 36.2. The molecule has 0 saturated carbocycles. The van der Waals surface area contributed by atoms with Gasteiger partial charge in [0.2, 0.25) is 0 Å². The SMILES string of the molecule is C=B[P+]1(O)OCC2O[C@@H](n3c(SC4=C[C@H]5C=CC=CC5C=C4)nc4c(N)ncnc43)C(O)[C@H]2O1. The van der Waals surface area contributed by atoms with Crippen LogP contribution < -0.4 is 5.73 Å². The number of aromatic nitrogens is 4. The van der Waals surface area contributed by atoms with Gasteiger partial charge in [-0.1, -0.05) is 18.2 Å². The Hall–Kier alpha value is -2.18. The molecule has 7 atom stereocenters. The summed E-state index contributed by atoms with van der Waals surface area (Å²) in [6.45, 7) is 4.89.